The van der Waals surface area contributed by atoms with Gasteiger partial charge < -0.3 is 19.8 Å². The maximum absolute atomic E-state index is 13.5. The minimum atomic E-state index is -0.791. The number of aromatic nitrogens is 1. The quantitative estimate of drug-likeness (QED) is 0.454. The van der Waals surface area contributed by atoms with Crippen molar-refractivity contribution in [2.75, 3.05) is 26.7 Å². The molecule has 0 bridgehead atoms. The summed E-state index contributed by atoms with van der Waals surface area (Å²) in [6.07, 6.45) is 0.531. The van der Waals surface area contributed by atoms with E-state index in [1.165, 1.54) is 16.7 Å². The molecule has 7 heteroatoms. The first-order valence-corrected chi connectivity index (χ1v) is 13.4. The van der Waals surface area contributed by atoms with Gasteiger partial charge in [0.2, 0.25) is 5.88 Å². The zero-order valence-electron chi connectivity index (χ0n) is 23.0. The topological polar surface area (TPSA) is 86.1 Å². The van der Waals surface area contributed by atoms with Gasteiger partial charge in [0.05, 0.1) is 12.6 Å². The Morgan fingerprint density at radius 1 is 1.13 bits per heavy atom. The van der Waals surface area contributed by atoms with Gasteiger partial charge in [0.1, 0.15) is 17.8 Å². The van der Waals surface area contributed by atoms with Crippen LogP contribution in [-0.4, -0.2) is 75.9 Å². The molecular weight excluding hydrogens is 490 g/mol. The summed E-state index contributed by atoms with van der Waals surface area (Å²) < 4.78 is 6.39. The number of carbonyl (C=O) groups is 1. The first-order valence-electron chi connectivity index (χ1n) is 13.4. The molecule has 0 unspecified atom stereocenters. The SMILES string of the molecule is C[C@H](O)C#Cc1cnc2c(c1)C(=O)N([C@@H](C)CO)C[C@@H](C)[C@@H](CN(C)Cc1ccc(-c3ccccc3)cc1)O2. The fourth-order valence-electron chi connectivity index (χ4n) is 4.69. The van der Waals surface area contributed by atoms with E-state index in [9.17, 15) is 15.0 Å². The van der Waals surface area contributed by atoms with Crippen LogP contribution in [0, 0.1) is 17.8 Å². The highest BCUT2D eigenvalue weighted by atomic mass is 16.5. The molecule has 2 N–H and O–H groups in total. The van der Waals surface area contributed by atoms with Crippen LogP contribution in [0.25, 0.3) is 11.1 Å². The fourth-order valence-corrected chi connectivity index (χ4v) is 4.69. The summed E-state index contributed by atoms with van der Waals surface area (Å²) >= 11 is 0. The average molecular weight is 528 g/mol. The van der Waals surface area contributed by atoms with Crippen LogP contribution in [0.1, 0.15) is 42.3 Å². The molecule has 0 saturated carbocycles. The minimum Gasteiger partial charge on any atom is -0.472 e. The highest BCUT2D eigenvalue weighted by Crippen LogP contribution is 2.28. The van der Waals surface area contributed by atoms with Gasteiger partial charge in [0.25, 0.3) is 5.91 Å². The number of hydrogen-bond donors (Lipinski definition) is 2. The smallest absolute Gasteiger partial charge is 0.259 e. The Morgan fingerprint density at radius 3 is 2.49 bits per heavy atom. The number of nitrogens with zero attached hydrogens (tertiary/aromatic N) is 3. The molecule has 0 radical (unpaired) electrons. The monoisotopic (exact) mass is 527 g/mol. The standard InChI is InChI=1S/C32H37N3O4/c1-22-18-35(23(2)21-36)32(38)29-16-26(11-10-24(3)37)17-33-31(29)39-30(22)20-34(4)19-25-12-14-28(15-13-25)27-8-6-5-7-9-27/h5-9,12-17,22-24,30,36-37H,18-21H2,1-4H3/t22-,23+,24+,30-/m1/s1. The van der Waals surface area contributed by atoms with Crippen molar-refractivity contribution in [2.45, 2.75) is 45.6 Å². The van der Waals surface area contributed by atoms with E-state index in [4.69, 9.17) is 4.74 Å². The van der Waals surface area contributed by atoms with Crippen molar-refractivity contribution in [2.24, 2.45) is 5.92 Å². The van der Waals surface area contributed by atoms with Crippen LogP contribution in [0.15, 0.2) is 66.9 Å². The van der Waals surface area contributed by atoms with E-state index in [0.29, 0.717) is 24.2 Å². The Labute approximate surface area is 231 Å². The van der Waals surface area contributed by atoms with Gasteiger partial charge in [0.15, 0.2) is 0 Å². The lowest BCUT2D eigenvalue weighted by atomic mass is 9.99. The van der Waals surface area contributed by atoms with Gasteiger partial charge in [0, 0.05) is 37.3 Å². The van der Waals surface area contributed by atoms with Crippen LogP contribution in [-0.2, 0) is 6.54 Å². The molecule has 1 aliphatic heterocycles. The second-order valence-corrected chi connectivity index (χ2v) is 10.4. The second-order valence-electron chi connectivity index (χ2n) is 10.4. The number of aliphatic hydroxyl groups is 2. The van der Waals surface area contributed by atoms with Crippen molar-refractivity contribution in [1.29, 1.82) is 0 Å². The Balaban J connectivity index is 1.54. The number of carbonyl (C=O) groups excluding carboxylic acids is 1. The van der Waals surface area contributed by atoms with Crippen molar-refractivity contribution in [3.8, 4) is 28.8 Å². The van der Waals surface area contributed by atoms with Crippen LogP contribution in [0.5, 0.6) is 5.88 Å². The molecule has 3 aromatic rings. The maximum atomic E-state index is 13.5. The predicted octanol–water partition coefficient (Wildman–Crippen LogP) is 3.83. The van der Waals surface area contributed by atoms with E-state index in [-0.39, 0.29) is 36.5 Å². The lowest BCUT2D eigenvalue weighted by molar-refractivity contribution is 0.0325. The number of rotatable bonds is 7. The van der Waals surface area contributed by atoms with E-state index >= 15 is 0 Å². The summed E-state index contributed by atoms with van der Waals surface area (Å²) in [5.74, 6) is 5.55. The third-order valence-corrected chi connectivity index (χ3v) is 6.95. The van der Waals surface area contributed by atoms with Crippen LogP contribution in [0.3, 0.4) is 0 Å². The first-order chi connectivity index (χ1) is 18.7. The molecule has 204 valence electrons. The number of benzene rings is 2. The molecule has 0 saturated heterocycles. The number of fused-ring (bicyclic) bond motifs is 1. The molecule has 1 aromatic heterocycles. The Bertz CT molecular complexity index is 1310. The van der Waals surface area contributed by atoms with Crippen molar-refractivity contribution in [3.05, 3.63) is 83.6 Å². The number of aliphatic hydroxyl groups excluding tert-OH is 2. The Kier molecular flexibility index (Phi) is 9.36. The van der Waals surface area contributed by atoms with Crippen molar-refractivity contribution in [1.82, 2.24) is 14.8 Å². The molecule has 4 atom stereocenters. The molecule has 2 aromatic carbocycles. The molecule has 39 heavy (non-hydrogen) atoms. The lowest BCUT2D eigenvalue weighted by Crippen LogP contribution is -2.49. The number of amides is 1. The number of pyridine rings is 1. The van der Waals surface area contributed by atoms with E-state index < -0.39 is 6.10 Å². The lowest BCUT2D eigenvalue weighted by Gasteiger charge is -2.37. The zero-order valence-corrected chi connectivity index (χ0v) is 23.0. The van der Waals surface area contributed by atoms with E-state index in [0.717, 1.165) is 6.54 Å². The Morgan fingerprint density at radius 2 is 1.82 bits per heavy atom. The highest BCUT2D eigenvalue weighted by molar-refractivity contribution is 5.97. The van der Waals surface area contributed by atoms with Crippen LogP contribution < -0.4 is 4.74 Å². The van der Waals surface area contributed by atoms with Gasteiger partial charge >= 0.3 is 0 Å². The van der Waals surface area contributed by atoms with Gasteiger partial charge in [-0.3, -0.25) is 9.69 Å². The summed E-state index contributed by atoms with van der Waals surface area (Å²) in [7, 11) is 2.06. The highest BCUT2D eigenvalue weighted by Gasteiger charge is 2.34. The van der Waals surface area contributed by atoms with Crippen LogP contribution in [0.2, 0.25) is 0 Å². The number of likely N-dealkylation sites (N-methyl/N-ethyl adjacent to an activating group) is 1. The molecule has 0 aliphatic carbocycles. The largest absolute Gasteiger partial charge is 0.472 e. The van der Waals surface area contributed by atoms with Gasteiger partial charge in [-0.05, 0) is 43.7 Å². The Hall–Kier alpha value is -3.70. The third-order valence-electron chi connectivity index (χ3n) is 6.95. The van der Waals surface area contributed by atoms with Crippen molar-refractivity contribution in [3.63, 3.8) is 0 Å². The molecule has 1 amide bonds. The van der Waals surface area contributed by atoms with Crippen LogP contribution in [0.4, 0.5) is 0 Å². The predicted molar refractivity (Wildman–Crippen MR) is 152 cm³/mol. The molecule has 2 heterocycles. The van der Waals surface area contributed by atoms with E-state index in [1.54, 1.807) is 24.1 Å². The van der Waals surface area contributed by atoms with Crippen molar-refractivity contribution >= 4 is 5.91 Å². The molecule has 4 rings (SSSR count). The van der Waals surface area contributed by atoms with Crippen LogP contribution >= 0.6 is 0 Å². The second kappa shape index (κ2) is 12.9. The number of hydrogen-bond acceptors (Lipinski definition) is 6. The average Bonchev–Trinajstić information content (AvgIpc) is 2.94. The molecule has 7 nitrogen and oxygen atoms in total. The summed E-state index contributed by atoms with van der Waals surface area (Å²) in [5, 5.41) is 19.4. The van der Waals surface area contributed by atoms with E-state index in [2.05, 4.69) is 72.1 Å². The van der Waals surface area contributed by atoms with Gasteiger partial charge in [-0.1, -0.05) is 73.4 Å². The van der Waals surface area contributed by atoms with Crippen molar-refractivity contribution < 1.29 is 19.7 Å². The summed E-state index contributed by atoms with van der Waals surface area (Å²) in [6.45, 7) is 7.13. The molecular formula is C32H37N3O4. The first kappa shape index (κ1) is 28.3. The summed E-state index contributed by atoms with van der Waals surface area (Å²) in [4.78, 5) is 21.9. The molecule has 0 spiro atoms. The fraction of sp³-hybridized carbons (Fsp3) is 0.375. The maximum Gasteiger partial charge on any atom is 0.259 e. The minimum absolute atomic E-state index is 0.00415. The normalized spacial score (nSPS) is 18.7. The third kappa shape index (κ3) is 7.24. The van der Waals surface area contributed by atoms with Gasteiger partial charge in [-0.15, -0.1) is 0 Å². The molecule has 0 fully saturated rings. The summed E-state index contributed by atoms with van der Waals surface area (Å²) in [6, 6.07) is 20.2. The number of ether oxygens (including phenoxy) is 1. The summed E-state index contributed by atoms with van der Waals surface area (Å²) in [5.41, 5.74) is 4.40. The van der Waals surface area contributed by atoms with E-state index in [1.807, 2.05) is 25.1 Å². The van der Waals surface area contributed by atoms with Gasteiger partial charge in [-0.25, -0.2) is 4.98 Å². The van der Waals surface area contributed by atoms with Gasteiger partial charge in [-0.2, -0.15) is 0 Å². The zero-order chi connectivity index (χ0) is 27.9. The molecule has 1 aliphatic rings.